The molecule has 144 valence electrons. The number of hydrogen-bond donors (Lipinski definition) is 0. The van der Waals surface area contributed by atoms with Crippen molar-refractivity contribution in [3.63, 3.8) is 0 Å². The minimum absolute atomic E-state index is 0.00118. The van der Waals surface area contributed by atoms with Crippen LogP contribution in [0.3, 0.4) is 0 Å². The van der Waals surface area contributed by atoms with Gasteiger partial charge in [-0.15, -0.1) is 11.3 Å². The van der Waals surface area contributed by atoms with Crippen LogP contribution in [0.1, 0.15) is 47.0 Å². The van der Waals surface area contributed by atoms with Gasteiger partial charge in [0.2, 0.25) is 5.91 Å². The van der Waals surface area contributed by atoms with E-state index in [2.05, 4.69) is 6.07 Å². The highest BCUT2D eigenvalue weighted by atomic mass is 32.1. The van der Waals surface area contributed by atoms with E-state index < -0.39 is 0 Å². The van der Waals surface area contributed by atoms with E-state index in [9.17, 15) is 14.0 Å². The van der Waals surface area contributed by atoms with Crippen LogP contribution in [0.25, 0.3) is 10.2 Å². The molecular formula is C22H21FN2O2S. The van der Waals surface area contributed by atoms with Crippen molar-refractivity contribution in [2.24, 2.45) is 0 Å². The van der Waals surface area contributed by atoms with Gasteiger partial charge in [0.1, 0.15) is 5.82 Å². The van der Waals surface area contributed by atoms with Gasteiger partial charge in [0.25, 0.3) is 0 Å². The molecule has 0 bridgehead atoms. The molecule has 2 aromatic carbocycles. The normalized spacial score (nSPS) is 17.0. The van der Waals surface area contributed by atoms with E-state index >= 15 is 0 Å². The summed E-state index contributed by atoms with van der Waals surface area (Å²) < 4.78 is 14.1. The van der Waals surface area contributed by atoms with Gasteiger partial charge in [0, 0.05) is 37.4 Å². The minimum atomic E-state index is -0.373. The second-order valence-corrected chi connectivity index (χ2v) is 8.19. The summed E-state index contributed by atoms with van der Waals surface area (Å²) in [5.41, 5.74) is 1.45. The Balaban J connectivity index is 1.36. The molecule has 2 heterocycles. The van der Waals surface area contributed by atoms with E-state index in [1.165, 1.54) is 29.0 Å². The van der Waals surface area contributed by atoms with Crippen molar-refractivity contribution in [3.8, 4) is 0 Å². The lowest BCUT2D eigenvalue weighted by molar-refractivity contribution is -0.132. The van der Waals surface area contributed by atoms with Gasteiger partial charge in [-0.05, 0) is 49.2 Å². The molecule has 0 aliphatic carbocycles. The summed E-state index contributed by atoms with van der Waals surface area (Å²) in [4.78, 5) is 31.5. The Morgan fingerprint density at radius 2 is 1.89 bits per heavy atom. The molecule has 28 heavy (non-hydrogen) atoms. The summed E-state index contributed by atoms with van der Waals surface area (Å²) in [7, 11) is 0. The molecule has 0 spiro atoms. The molecular weight excluding hydrogens is 375 g/mol. The van der Waals surface area contributed by atoms with Crippen molar-refractivity contribution in [1.29, 1.82) is 0 Å². The summed E-state index contributed by atoms with van der Waals surface area (Å²) >= 11 is 1.70. The number of halogens is 1. The highest BCUT2D eigenvalue weighted by Crippen LogP contribution is 2.33. The number of hydrogen-bond acceptors (Lipinski definition) is 4. The first-order valence-corrected chi connectivity index (χ1v) is 10.3. The number of para-hydroxylation sites is 1. The molecule has 0 radical (unpaired) electrons. The second kappa shape index (κ2) is 8.19. The van der Waals surface area contributed by atoms with Gasteiger partial charge < -0.3 is 4.90 Å². The Kier molecular flexibility index (Phi) is 5.48. The first kappa shape index (κ1) is 18.7. The van der Waals surface area contributed by atoms with Crippen molar-refractivity contribution >= 4 is 33.2 Å². The maximum Gasteiger partial charge on any atom is 0.223 e. The fraction of sp³-hybridized carbons (Fsp3) is 0.318. The number of fused-ring (bicyclic) bond motifs is 1. The number of ketones is 1. The average molecular weight is 396 g/mol. The molecule has 0 N–H and O–H groups in total. The Bertz CT molecular complexity index is 966. The number of Topliss-reactive ketones (excluding diaryl/α,β-unsaturated/α-hetero) is 1. The number of carbonyl (C=O) groups is 2. The molecule has 1 aliphatic heterocycles. The average Bonchev–Trinajstić information content (AvgIpc) is 3.17. The third kappa shape index (κ3) is 4.12. The van der Waals surface area contributed by atoms with Crippen molar-refractivity contribution in [3.05, 3.63) is 64.9 Å². The summed E-state index contributed by atoms with van der Waals surface area (Å²) in [5, 5.41) is 1.08. The largest absolute Gasteiger partial charge is 0.342 e. The van der Waals surface area contributed by atoms with Gasteiger partial charge in [-0.1, -0.05) is 12.1 Å². The summed E-state index contributed by atoms with van der Waals surface area (Å²) in [6.07, 6.45) is 2.30. The van der Waals surface area contributed by atoms with Crippen molar-refractivity contribution < 1.29 is 14.0 Å². The maximum atomic E-state index is 13.0. The first-order chi connectivity index (χ1) is 13.6. The van der Waals surface area contributed by atoms with Gasteiger partial charge in [-0.25, -0.2) is 9.37 Å². The van der Waals surface area contributed by atoms with Crippen molar-refractivity contribution in [2.45, 2.75) is 31.6 Å². The van der Waals surface area contributed by atoms with Crippen molar-refractivity contribution in [2.75, 3.05) is 13.1 Å². The molecule has 1 saturated heterocycles. The molecule has 4 nitrogen and oxygen atoms in total. The lowest BCUT2D eigenvalue weighted by atomic mass is 9.98. The number of piperidine rings is 1. The van der Waals surface area contributed by atoms with E-state index in [0.717, 1.165) is 29.9 Å². The number of rotatable bonds is 5. The zero-order valence-electron chi connectivity index (χ0n) is 15.4. The van der Waals surface area contributed by atoms with Crippen LogP contribution in [0.2, 0.25) is 0 Å². The lowest BCUT2D eigenvalue weighted by Gasteiger charge is -2.31. The number of amides is 1. The van der Waals surface area contributed by atoms with Gasteiger partial charge >= 0.3 is 0 Å². The lowest BCUT2D eigenvalue weighted by Crippen LogP contribution is -2.39. The van der Waals surface area contributed by atoms with E-state index in [0.29, 0.717) is 12.1 Å². The van der Waals surface area contributed by atoms with Crippen LogP contribution in [0.5, 0.6) is 0 Å². The molecule has 1 amide bonds. The van der Waals surface area contributed by atoms with Gasteiger partial charge in [-0.3, -0.25) is 9.59 Å². The van der Waals surface area contributed by atoms with Crippen LogP contribution >= 0.6 is 11.3 Å². The predicted molar refractivity (Wildman–Crippen MR) is 108 cm³/mol. The third-order valence-electron chi connectivity index (χ3n) is 5.17. The van der Waals surface area contributed by atoms with Gasteiger partial charge in [0.15, 0.2) is 5.78 Å². The topological polar surface area (TPSA) is 50.3 Å². The maximum absolute atomic E-state index is 13.0. The quantitative estimate of drug-likeness (QED) is 0.582. The van der Waals surface area contributed by atoms with E-state index in [1.807, 2.05) is 23.1 Å². The van der Waals surface area contributed by atoms with E-state index in [1.54, 1.807) is 11.3 Å². The molecule has 1 fully saturated rings. The Morgan fingerprint density at radius 3 is 2.68 bits per heavy atom. The number of likely N-dealkylation sites (tertiary alicyclic amines) is 1. The molecule has 4 rings (SSSR count). The third-order valence-corrected chi connectivity index (χ3v) is 6.36. The highest BCUT2D eigenvalue weighted by molar-refractivity contribution is 7.18. The molecule has 1 atom stereocenters. The van der Waals surface area contributed by atoms with Crippen LogP contribution in [0, 0.1) is 5.82 Å². The first-order valence-electron chi connectivity index (χ1n) is 9.52. The summed E-state index contributed by atoms with van der Waals surface area (Å²) in [6, 6.07) is 13.5. The minimum Gasteiger partial charge on any atom is -0.342 e. The number of nitrogens with zero attached hydrogens (tertiary/aromatic N) is 2. The number of aromatic nitrogens is 1. The number of thiazole rings is 1. The Morgan fingerprint density at radius 1 is 1.11 bits per heavy atom. The molecule has 0 saturated carbocycles. The smallest absolute Gasteiger partial charge is 0.223 e. The zero-order chi connectivity index (χ0) is 19.5. The zero-order valence-corrected chi connectivity index (χ0v) is 16.3. The van der Waals surface area contributed by atoms with Crippen molar-refractivity contribution in [1.82, 2.24) is 9.88 Å². The van der Waals surface area contributed by atoms with Crippen LogP contribution < -0.4 is 0 Å². The summed E-state index contributed by atoms with van der Waals surface area (Å²) in [6.45, 7) is 1.38. The molecule has 6 heteroatoms. The van der Waals surface area contributed by atoms with Gasteiger partial charge in [-0.2, -0.15) is 0 Å². The number of carbonyl (C=O) groups excluding carboxylic acids is 2. The Hall–Kier alpha value is -2.60. The second-order valence-electron chi connectivity index (χ2n) is 7.13. The van der Waals surface area contributed by atoms with Crippen LogP contribution in [0.4, 0.5) is 4.39 Å². The molecule has 3 aromatic rings. The van der Waals surface area contributed by atoms with E-state index in [-0.39, 0.29) is 36.3 Å². The molecule has 0 unspecified atom stereocenters. The van der Waals surface area contributed by atoms with Crippen LogP contribution in [0.15, 0.2) is 48.5 Å². The molecule has 1 aromatic heterocycles. The highest BCUT2D eigenvalue weighted by Gasteiger charge is 2.27. The summed E-state index contributed by atoms with van der Waals surface area (Å²) in [5.74, 6) is -0.251. The fourth-order valence-corrected chi connectivity index (χ4v) is 4.72. The Labute approximate surface area is 167 Å². The van der Waals surface area contributed by atoms with Crippen LogP contribution in [-0.4, -0.2) is 34.7 Å². The van der Waals surface area contributed by atoms with Gasteiger partial charge in [0.05, 0.1) is 15.2 Å². The predicted octanol–water partition coefficient (Wildman–Crippen LogP) is 4.80. The molecule has 1 aliphatic rings. The monoisotopic (exact) mass is 396 g/mol. The standard InChI is InChI=1S/C22H21FN2O2S/c23-17-9-7-15(8-10-17)19(26)11-12-21(27)25-13-3-4-16(14-25)22-24-18-5-1-2-6-20(18)28-22/h1-2,5-10,16H,3-4,11-14H2/t16-/m0/s1. The van der Waals surface area contributed by atoms with E-state index in [4.69, 9.17) is 4.98 Å². The fourth-order valence-electron chi connectivity index (χ4n) is 3.63. The van der Waals surface area contributed by atoms with Crippen LogP contribution in [-0.2, 0) is 4.79 Å². The number of benzene rings is 2. The SMILES string of the molecule is O=C(CCC(=O)N1CCC[C@H](c2nc3ccccc3s2)C1)c1ccc(F)cc1.